The molecule has 2 aromatic carbocycles. The van der Waals surface area contributed by atoms with Crippen LogP contribution in [0.15, 0.2) is 53.6 Å². The third-order valence-corrected chi connectivity index (χ3v) is 5.74. The van der Waals surface area contributed by atoms with E-state index in [0.29, 0.717) is 13.0 Å². The summed E-state index contributed by atoms with van der Waals surface area (Å²) in [7, 11) is 2.10. The first-order valence-corrected chi connectivity index (χ1v) is 10.1. The van der Waals surface area contributed by atoms with Crippen LogP contribution in [-0.2, 0) is 4.79 Å². The van der Waals surface area contributed by atoms with Gasteiger partial charge in [0.1, 0.15) is 5.82 Å². The average Bonchev–Trinajstić information content (AvgIpc) is 3.16. The van der Waals surface area contributed by atoms with E-state index in [1.807, 2.05) is 13.0 Å². The molecule has 152 valence electrons. The highest BCUT2D eigenvalue weighted by molar-refractivity contribution is 6.03. The fraction of sp³-hybridized carbons (Fsp3) is 0.391. The topological polar surface area (TPSA) is 39.2 Å². The van der Waals surface area contributed by atoms with Crippen LogP contribution in [0.4, 0.5) is 4.39 Å². The lowest BCUT2D eigenvalue weighted by molar-refractivity contribution is -0.134. The molecule has 0 aromatic heterocycles. The highest BCUT2D eigenvalue weighted by atomic mass is 19.1. The van der Waals surface area contributed by atoms with Crippen molar-refractivity contribution in [1.29, 1.82) is 0 Å². The first kappa shape index (κ1) is 19.7. The SMILES string of the molecule is Cc1ccc(C2CC(c3cccc(F)c3)=NN2C(=O)CN2CCN(C)CC2)cc1. The number of piperazine rings is 1. The lowest BCUT2D eigenvalue weighted by Crippen LogP contribution is -2.48. The quantitative estimate of drug-likeness (QED) is 0.800. The largest absolute Gasteiger partial charge is 0.304 e. The number of carbonyl (C=O) groups excluding carboxylic acids is 1. The number of hydrazone groups is 1. The molecule has 1 saturated heterocycles. The molecule has 1 atom stereocenters. The molecular formula is C23H27FN4O. The molecule has 2 aliphatic heterocycles. The first-order valence-electron chi connectivity index (χ1n) is 10.1. The maximum atomic E-state index is 13.7. The fourth-order valence-corrected chi connectivity index (χ4v) is 3.90. The Hall–Kier alpha value is -2.57. The zero-order valence-electron chi connectivity index (χ0n) is 17.0. The Kier molecular flexibility index (Phi) is 5.74. The summed E-state index contributed by atoms with van der Waals surface area (Å²) >= 11 is 0. The molecule has 5 nitrogen and oxygen atoms in total. The van der Waals surface area contributed by atoms with E-state index < -0.39 is 0 Å². The highest BCUT2D eigenvalue weighted by Crippen LogP contribution is 2.33. The summed E-state index contributed by atoms with van der Waals surface area (Å²) in [6.07, 6.45) is 0.584. The van der Waals surface area contributed by atoms with Crippen molar-refractivity contribution in [1.82, 2.24) is 14.8 Å². The van der Waals surface area contributed by atoms with Crippen molar-refractivity contribution in [2.45, 2.75) is 19.4 Å². The van der Waals surface area contributed by atoms with E-state index in [0.717, 1.165) is 43.0 Å². The van der Waals surface area contributed by atoms with Gasteiger partial charge in [-0.15, -0.1) is 0 Å². The molecule has 0 saturated carbocycles. The zero-order chi connectivity index (χ0) is 20.4. The number of benzene rings is 2. The first-order chi connectivity index (χ1) is 14.0. The minimum Gasteiger partial charge on any atom is -0.304 e. The van der Waals surface area contributed by atoms with Crippen LogP contribution >= 0.6 is 0 Å². The molecular weight excluding hydrogens is 367 g/mol. The fourth-order valence-electron chi connectivity index (χ4n) is 3.90. The molecule has 2 heterocycles. The van der Waals surface area contributed by atoms with Gasteiger partial charge < -0.3 is 4.90 Å². The van der Waals surface area contributed by atoms with Gasteiger partial charge in [0.05, 0.1) is 18.3 Å². The van der Waals surface area contributed by atoms with Gasteiger partial charge in [0, 0.05) is 38.2 Å². The second-order valence-electron chi connectivity index (χ2n) is 8.01. The molecule has 0 bridgehead atoms. The average molecular weight is 394 g/mol. The van der Waals surface area contributed by atoms with Gasteiger partial charge in [0.2, 0.25) is 0 Å². The molecule has 1 amide bonds. The molecule has 2 aliphatic rings. The van der Waals surface area contributed by atoms with Crippen LogP contribution in [0.3, 0.4) is 0 Å². The molecule has 0 spiro atoms. The van der Waals surface area contributed by atoms with E-state index >= 15 is 0 Å². The Morgan fingerprint density at radius 2 is 1.83 bits per heavy atom. The standard InChI is InChI=1S/C23H27FN4O/c1-17-6-8-18(9-7-17)22-15-21(19-4-3-5-20(24)14-19)25-28(22)23(29)16-27-12-10-26(2)11-13-27/h3-9,14,22H,10-13,15-16H2,1-2H3. The second kappa shape index (κ2) is 8.43. The van der Waals surface area contributed by atoms with E-state index in [1.54, 1.807) is 11.1 Å². The van der Waals surface area contributed by atoms with Crippen molar-refractivity contribution in [2.24, 2.45) is 5.10 Å². The highest BCUT2D eigenvalue weighted by Gasteiger charge is 2.34. The van der Waals surface area contributed by atoms with Crippen molar-refractivity contribution < 1.29 is 9.18 Å². The number of rotatable bonds is 4. The molecule has 0 N–H and O–H groups in total. The molecule has 1 unspecified atom stereocenters. The van der Waals surface area contributed by atoms with Gasteiger partial charge in [0.15, 0.2) is 0 Å². The van der Waals surface area contributed by atoms with E-state index in [4.69, 9.17) is 0 Å². The maximum Gasteiger partial charge on any atom is 0.257 e. The predicted octanol–water partition coefficient (Wildman–Crippen LogP) is 3.06. The van der Waals surface area contributed by atoms with Crippen LogP contribution in [0, 0.1) is 12.7 Å². The number of aryl methyl sites for hydroxylation is 1. The lowest BCUT2D eigenvalue weighted by Gasteiger charge is -2.33. The monoisotopic (exact) mass is 394 g/mol. The van der Waals surface area contributed by atoms with Gasteiger partial charge in [-0.2, -0.15) is 5.10 Å². The Bertz CT molecular complexity index is 903. The van der Waals surface area contributed by atoms with Crippen LogP contribution < -0.4 is 0 Å². The van der Waals surface area contributed by atoms with E-state index in [1.165, 1.54) is 17.7 Å². The number of likely N-dealkylation sites (N-methyl/N-ethyl adjacent to an activating group) is 1. The lowest BCUT2D eigenvalue weighted by atomic mass is 9.97. The molecule has 1 fully saturated rings. The number of carbonyl (C=O) groups is 1. The van der Waals surface area contributed by atoms with Crippen molar-refractivity contribution in [2.75, 3.05) is 39.8 Å². The summed E-state index contributed by atoms with van der Waals surface area (Å²) in [4.78, 5) is 17.6. The van der Waals surface area contributed by atoms with Gasteiger partial charge in [-0.1, -0.05) is 42.0 Å². The summed E-state index contributed by atoms with van der Waals surface area (Å²) < 4.78 is 13.7. The summed E-state index contributed by atoms with van der Waals surface area (Å²) in [5.74, 6) is -0.300. The summed E-state index contributed by atoms with van der Waals surface area (Å²) in [5, 5.41) is 6.27. The molecule has 2 aromatic rings. The van der Waals surface area contributed by atoms with Crippen molar-refractivity contribution in [3.05, 3.63) is 71.0 Å². The predicted molar refractivity (Wildman–Crippen MR) is 112 cm³/mol. The van der Waals surface area contributed by atoms with Crippen LogP contribution in [0.2, 0.25) is 0 Å². The third kappa shape index (κ3) is 4.54. The van der Waals surface area contributed by atoms with Crippen molar-refractivity contribution in [3.63, 3.8) is 0 Å². The maximum absolute atomic E-state index is 13.7. The summed E-state index contributed by atoms with van der Waals surface area (Å²) in [5.41, 5.74) is 3.71. The normalized spacial score (nSPS) is 20.7. The van der Waals surface area contributed by atoms with E-state index in [2.05, 4.69) is 46.2 Å². The van der Waals surface area contributed by atoms with Gasteiger partial charge in [0.25, 0.3) is 5.91 Å². The molecule has 0 radical (unpaired) electrons. The molecule has 29 heavy (non-hydrogen) atoms. The Morgan fingerprint density at radius 3 is 2.52 bits per heavy atom. The van der Waals surface area contributed by atoms with Crippen molar-refractivity contribution in [3.8, 4) is 0 Å². The summed E-state index contributed by atoms with van der Waals surface area (Å²) in [6.45, 7) is 6.09. The second-order valence-corrected chi connectivity index (χ2v) is 8.01. The molecule has 4 rings (SSSR count). The zero-order valence-corrected chi connectivity index (χ0v) is 17.0. The van der Waals surface area contributed by atoms with Crippen LogP contribution in [-0.4, -0.2) is 66.2 Å². The Labute approximate surface area is 171 Å². The van der Waals surface area contributed by atoms with E-state index in [9.17, 15) is 9.18 Å². The number of hydrogen-bond donors (Lipinski definition) is 0. The van der Waals surface area contributed by atoms with Gasteiger partial charge >= 0.3 is 0 Å². The van der Waals surface area contributed by atoms with Crippen LogP contribution in [0.5, 0.6) is 0 Å². The van der Waals surface area contributed by atoms with Crippen LogP contribution in [0.1, 0.15) is 29.2 Å². The van der Waals surface area contributed by atoms with Crippen LogP contribution in [0.25, 0.3) is 0 Å². The van der Waals surface area contributed by atoms with Crippen molar-refractivity contribution >= 4 is 11.6 Å². The molecule has 6 heteroatoms. The van der Waals surface area contributed by atoms with Gasteiger partial charge in [-0.3, -0.25) is 9.69 Å². The van der Waals surface area contributed by atoms with Gasteiger partial charge in [-0.05, 0) is 31.7 Å². The number of amides is 1. The minimum absolute atomic E-state index is 0.00784. The third-order valence-electron chi connectivity index (χ3n) is 5.74. The Balaban J connectivity index is 1.58. The minimum atomic E-state index is -0.292. The summed E-state index contributed by atoms with van der Waals surface area (Å²) in [6, 6.07) is 14.5. The molecule has 0 aliphatic carbocycles. The van der Waals surface area contributed by atoms with Gasteiger partial charge in [-0.25, -0.2) is 9.40 Å². The number of hydrogen-bond acceptors (Lipinski definition) is 4. The van der Waals surface area contributed by atoms with E-state index in [-0.39, 0.29) is 17.8 Å². The number of halogens is 1. The number of nitrogens with zero attached hydrogens (tertiary/aromatic N) is 4. The Morgan fingerprint density at radius 1 is 1.10 bits per heavy atom. The smallest absolute Gasteiger partial charge is 0.257 e.